The lowest BCUT2D eigenvalue weighted by molar-refractivity contribution is -0.130. The second kappa shape index (κ2) is 7.84. The fourth-order valence-electron chi connectivity index (χ4n) is 2.84. The highest BCUT2D eigenvalue weighted by atomic mass is 16.6. The molecular formula is C17H19N3O7. The molecular weight excluding hydrogens is 358 g/mol. The van der Waals surface area contributed by atoms with Gasteiger partial charge in [0.2, 0.25) is 0 Å². The molecule has 0 aliphatic carbocycles. The van der Waals surface area contributed by atoms with Crippen LogP contribution in [0.5, 0.6) is 0 Å². The molecule has 3 rings (SSSR count). The Morgan fingerprint density at radius 3 is 2.56 bits per heavy atom. The second-order valence-electron chi connectivity index (χ2n) is 6.12. The molecule has 1 amide bonds. The Kier molecular flexibility index (Phi) is 5.51. The Labute approximate surface area is 152 Å². The summed E-state index contributed by atoms with van der Waals surface area (Å²) in [5, 5.41) is 32.7. The largest absolute Gasteiger partial charge is 0.387 e. The quantitative estimate of drug-likeness (QED) is 0.404. The van der Waals surface area contributed by atoms with Crippen molar-refractivity contribution in [3.05, 3.63) is 69.0 Å². The molecule has 1 aromatic carbocycles. The molecule has 144 valence electrons. The van der Waals surface area contributed by atoms with Gasteiger partial charge in [-0.25, -0.2) is 4.79 Å². The molecule has 27 heavy (non-hydrogen) atoms. The van der Waals surface area contributed by atoms with Crippen LogP contribution < -0.4 is 16.6 Å². The van der Waals surface area contributed by atoms with Crippen LogP contribution in [-0.4, -0.2) is 55.6 Å². The first-order chi connectivity index (χ1) is 12.9. The van der Waals surface area contributed by atoms with E-state index in [1.807, 2.05) is 4.98 Å². The van der Waals surface area contributed by atoms with Crippen LogP contribution in [0.15, 0.2) is 52.2 Å². The van der Waals surface area contributed by atoms with Crippen LogP contribution in [0.4, 0.5) is 0 Å². The van der Waals surface area contributed by atoms with Gasteiger partial charge in [0.25, 0.3) is 11.5 Å². The predicted octanol–water partition coefficient (Wildman–Crippen LogP) is -1.99. The molecule has 5 atom stereocenters. The normalized spacial score (nSPS) is 25.9. The van der Waals surface area contributed by atoms with Crippen molar-refractivity contribution < 1.29 is 24.9 Å². The Bertz CT molecular complexity index is 910. The zero-order valence-corrected chi connectivity index (χ0v) is 14.1. The van der Waals surface area contributed by atoms with Gasteiger partial charge < -0.3 is 25.4 Å². The molecule has 0 spiro atoms. The van der Waals surface area contributed by atoms with E-state index in [0.717, 1.165) is 16.8 Å². The number of aromatic amines is 1. The summed E-state index contributed by atoms with van der Waals surface area (Å²) in [7, 11) is 0. The van der Waals surface area contributed by atoms with Crippen LogP contribution in [0.3, 0.4) is 0 Å². The van der Waals surface area contributed by atoms with Crippen LogP contribution in [-0.2, 0) is 9.53 Å². The van der Waals surface area contributed by atoms with Crippen LogP contribution in [0, 0.1) is 0 Å². The summed E-state index contributed by atoms with van der Waals surface area (Å²) in [6.45, 7) is -0.199. The molecule has 1 aliphatic rings. The predicted molar refractivity (Wildman–Crippen MR) is 91.7 cm³/mol. The number of aliphatic hydroxyl groups is 3. The van der Waals surface area contributed by atoms with Crippen LogP contribution in [0.25, 0.3) is 0 Å². The second-order valence-corrected chi connectivity index (χ2v) is 6.12. The minimum atomic E-state index is -1.45. The highest BCUT2D eigenvalue weighted by molar-refractivity contribution is 5.81. The third kappa shape index (κ3) is 3.98. The van der Waals surface area contributed by atoms with E-state index in [2.05, 4.69) is 5.32 Å². The topological polar surface area (TPSA) is 154 Å². The van der Waals surface area contributed by atoms with Gasteiger partial charge in [0.05, 0.1) is 0 Å². The fourth-order valence-corrected chi connectivity index (χ4v) is 2.84. The first-order valence-corrected chi connectivity index (χ1v) is 8.22. The first-order valence-electron chi connectivity index (χ1n) is 8.22. The molecule has 2 heterocycles. The van der Waals surface area contributed by atoms with Crippen molar-refractivity contribution in [2.24, 2.45) is 0 Å². The van der Waals surface area contributed by atoms with Crippen LogP contribution >= 0.6 is 0 Å². The van der Waals surface area contributed by atoms with Gasteiger partial charge in [-0.15, -0.1) is 0 Å². The Balaban J connectivity index is 1.65. The molecule has 1 unspecified atom stereocenters. The van der Waals surface area contributed by atoms with Crippen molar-refractivity contribution in [2.75, 3.05) is 6.54 Å². The molecule has 0 radical (unpaired) electrons. The molecule has 0 saturated carbocycles. The number of nitrogens with one attached hydrogen (secondary N) is 2. The van der Waals surface area contributed by atoms with Crippen molar-refractivity contribution in [1.82, 2.24) is 14.9 Å². The Morgan fingerprint density at radius 2 is 1.89 bits per heavy atom. The number of hydrogen-bond donors (Lipinski definition) is 5. The number of carbonyl (C=O) groups excluding carboxylic acids is 1. The average Bonchev–Trinajstić information content (AvgIpc) is 2.94. The van der Waals surface area contributed by atoms with Gasteiger partial charge in [0.1, 0.15) is 18.3 Å². The summed E-state index contributed by atoms with van der Waals surface area (Å²) in [5.74, 6) is -0.698. The lowest BCUT2D eigenvalue weighted by atomic mass is 10.1. The summed E-state index contributed by atoms with van der Waals surface area (Å²) in [6.07, 6.45) is -5.34. The summed E-state index contributed by atoms with van der Waals surface area (Å²) in [6, 6.07) is 9.37. The number of hydrogen-bond acceptors (Lipinski definition) is 7. The highest BCUT2D eigenvalue weighted by Gasteiger charge is 2.44. The maximum atomic E-state index is 12.1. The lowest BCUT2D eigenvalue weighted by Gasteiger charge is -2.17. The molecule has 10 nitrogen and oxygen atoms in total. The maximum Gasteiger partial charge on any atom is 0.330 e. The summed E-state index contributed by atoms with van der Waals surface area (Å²) in [4.78, 5) is 37.1. The highest BCUT2D eigenvalue weighted by Crippen LogP contribution is 2.28. The molecule has 0 bridgehead atoms. The van der Waals surface area contributed by atoms with Crippen LogP contribution in [0.1, 0.15) is 17.9 Å². The third-order valence-corrected chi connectivity index (χ3v) is 4.30. The SMILES string of the molecule is O=C(NC[C@H]1O[C@@H](n2ccc(=O)[nH]c2=O)[C@H](O)[C@@H]1O)C(O)c1ccccc1. The van der Waals surface area contributed by atoms with Crippen LogP contribution in [0.2, 0.25) is 0 Å². The Morgan fingerprint density at radius 1 is 1.19 bits per heavy atom. The minimum absolute atomic E-state index is 0.199. The molecule has 5 N–H and O–H groups in total. The van der Waals surface area contributed by atoms with E-state index >= 15 is 0 Å². The van der Waals surface area contributed by atoms with Crippen molar-refractivity contribution in [3.63, 3.8) is 0 Å². The average molecular weight is 377 g/mol. The monoisotopic (exact) mass is 377 g/mol. The summed E-state index contributed by atoms with van der Waals surface area (Å²) in [5.41, 5.74) is -1.01. The lowest BCUT2D eigenvalue weighted by Crippen LogP contribution is -2.41. The van der Waals surface area contributed by atoms with Crippen molar-refractivity contribution >= 4 is 5.91 Å². The molecule has 1 saturated heterocycles. The van der Waals surface area contributed by atoms with Gasteiger partial charge in [0, 0.05) is 18.8 Å². The van der Waals surface area contributed by atoms with Crippen molar-refractivity contribution in [1.29, 1.82) is 0 Å². The minimum Gasteiger partial charge on any atom is -0.387 e. The number of ether oxygens (including phenoxy) is 1. The van der Waals surface area contributed by atoms with E-state index in [0.29, 0.717) is 5.56 Å². The number of amides is 1. The van der Waals surface area contributed by atoms with E-state index in [9.17, 15) is 29.7 Å². The number of aliphatic hydroxyl groups excluding tert-OH is 3. The summed E-state index contributed by atoms with van der Waals surface area (Å²) >= 11 is 0. The van der Waals surface area contributed by atoms with E-state index in [4.69, 9.17) is 4.74 Å². The smallest absolute Gasteiger partial charge is 0.330 e. The van der Waals surface area contributed by atoms with Gasteiger partial charge in [-0.3, -0.25) is 19.1 Å². The molecule has 1 aliphatic heterocycles. The number of benzene rings is 1. The molecule has 1 aromatic heterocycles. The van der Waals surface area contributed by atoms with Gasteiger partial charge in [-0.05, 0) is 5.56 Å². The number of aromatic nitrogens is 2. The van der Waals surface area contributed by atoms with E-state index < -0.39 is 47.8 Å². The standard InChI is InChI=1S/C17H19N3O7/c21-11-6-7-20(17(26)19-11)16-14(24)13(23)10(27-16)8-18-15(25)12(22)9-4-2-1-3-5-9/h1-7,10,12-14,16,22-24H,8H2,(H,18,25)(H,19,21,26)/t10-,12?,13-,14-,16-/m1/s1. The van der Waals surface area contributed by atoms with Gasteiger partial charge >= 0.3 is 5.69 Å². The number of carbonyl (C=O) groups is 1. The van der Waals surface area contributed by atoms with Gasteiger partial charge in [-0.1, -0.05) is 30.3 Å². The maximum absolute atomic E-state index is 12.1. The summed E-state index contributed by atoms with van der Waals surface area (Å²) < 4.78 is 6.41. The van der Waals surface area contributed by atoms with Crippen molar-refractivity contribution in [2.45, 2.75) is 30.6 Å². The first kappa shape index (κ1) is 19.0. The zero-order valence-electron chi connectivity index (χ0n) is 14.1. The number of H-pyrrole nitrogens is 1. The molecule has 1 fully saturated rings. The van der Waals surface area contributed by atoms with Gasteiger partial charge in [-0.2, -0.15) is 0 Å². The zero-order chi connectivity index (χ0) is 19.6. The Hall–Kier alpha value is -2.79. The molecule has 10 heteroatoms. The van der Waals surface area contributed by atoms with Crippen molar-refractivity contribution in [3.8, 4) is 0 Å². The van der Waals surface area contributed by atoms with E-state index in [-0.39, 0.29) is 6.54 Å². The van der Waals surface area contributed by atoms with E-state index in [1.54, 1.807) is 30.3 Å². The fraction of sp³-hybridized carbons (Fsp3) is 0.353. The molecule has 2 aromatic rings. The van der Waals surface area contributed by atoms with Gasteiger partial charge in [0.15, 0.2) is 12.3 Å². The number of rotatable bonds is 5. The number of nitrogens with zero attached hydrogens (tertiary/aromatic N) is 1. The third-order valence-electron chi connectivity index (χ3n) is 4.30. The van der Waals surface area contributed by atoms with E-state index in [1.165, 1.54) is 0 Å².